The van der Waals surface area contributed by atoms with Crippen LogP contribution in [-0.2, 0) is 29.2 Å². The second-order valence-electron chi connectivity index (χ2n) is 8.71. The topological polar surface area (TPSA) is 73.9 Å². The van der Waals surface area contributed by atoms with Crippen molar-refractivity contribution in [1.82, 2.24) is 5.32 Å². The number of halogens is 2. The van der Waals surface area contributed by atoms with Gasteiger partial charge in [-0.05, 0) is 41.0 Å². The van der Waals surface area contributed by atoms with Crippen LogP contribution in [0.5, 0.6) is 11.5 Å². The van der Waals surface area contributed by atoms with Gasteiger partial charge < -0.3 is 19.5 Å². The summed E-state index contributed by atoms with van der Waals surface area (Å²) in [5.74, 6) is -2.48. The van der Waals surface area contributed by atoms with Gasteiger partial charge in [-0.15, -0.1) is 0 Å². The van der Waals surface area contributed by atoms with Gasteiger partial charge >= 0.3 is 5.97 Å². The molecule has 6 nitrogen and oxygen atoms in total. The number of hydrogen-bond donors (Lipinski definition) is 1. The van der Waals surface area contributed by atoms with Crippen molar-refractivity contribution in [3.8, 4) is 11.5 Å². The number of methoxy groups -OCH3 is 1. The lowest BCUT2D eigenvalue weighted by atomic mass is 10.0. The van der Waals surface area contributed by atoms with E-state index in [1.54, 1.807) is 18.2 Å². The van der Waals surface area contributed by atoms with Crippen molar-refractivity contribution in [2.24, 2.45) is 0 Å². The summed E-state index contributed by atoms with van der Waals surface area (Å²) in [6.45, 7) is 0.610. The molecule has 4 rings (SSSR count). The minimum absolute atomic E-state index is 0.0297. The Labute approximate surface area is 225 Å². The molecule has 0 aliphatic carbocycles. The standard InChI is InChI=1S/C31H27F2NO5/c1-37-31(36)27(34-30(35)25-14-13-24(32)18-26(25)33)16-23-12-15-28(38-19-21-8-4-2-5-9-21)29(17-23)39-20-22-10-6-3-7-11-22/h2-15,17-18,27H,16,19-20H2,1H3,(H,34,35)/t27-/m0/s1. The van der Waals surface area contributed by atoms with Crippen LogP contribution in [0.15, 0.2) is 97.1 Å². The number of hydrogen-bond acceptors (Lipinski definition) is 5. The Morgan fingerprint density at radius 3 is 1.95 bits per heavy atom. The Hall–Kier alpha value is -4.72. The fourth-order valence-corrected chi connectivity index (χ4v) is 3.86. The molecule has 0 radical (unpaired) electrons. The summed E-state index contributed by atoms with van der Waals surface area (Å²) >= 11 is 0. The third-order valence-electron chi connectivity index (χ3n) is 5.89. The Morgan fingerprint density at radius 2 is 1.36 bits per heavy atom. The van der Waals surface area contributed by atoms with Gasteiger partial charge in [-0.3, -0.25) is 4.79 Å². The first-order valence-corrected chi connectivity index (χ1v) is 12.2. The van der Waals surface area contributed by atoms with Gasteiger partial charge in [0.15, 0.2) is 11.5 Å². The van der Waals surface area contributed by atoms with Gasteiger partial charge in [-0.25, -0.2) is 13.6 Å². The summed E-state index contributed by atoms with van der Waals surface area (Å²) in [6, 6.07) is 25.9. The number of ether oxygens (including phenoxy) is 3. The monoisotopic (exact) mass is 531 g/mol. The lowest BCUT2D eigenvalue weighted by Crippen LogP contribution is -2.43. The normalized spacial score (nSPS) is 11.4. The number of esters is 1. The average molecular weight is 532 g/mol. The highest BCUT2D eigenvalue weighted by atomic mass is 19.1. The second kappa shape index (κ2) is 13.2. The van der Waals surface area contributed by atoms with Crippen LogP contribution in [0.25, 0.3) is 0 Å². The molecule has 0 fully saturated rings. The molecule has 4 aromatic carbocycles. The largest absolute Gasteiger partial charge is 0.485 e. The minimum atomic E-state index is -1.13. The quantitative estimate of drug-likeness (QED) is 0.254. The number of rotatable bonds is 11. The van der Waals surface area contributed by atoms with E-state index in [1.807, 2.05) is 60.7 Å². The lowest BCUT2D eigenvalue weighted by Gasteiger charge is -2.19. The third-order valence-corrected chi connectivity index (χ3v) is 5.89. The first-order valence-electron chi connectivity index (χ1n) is 12.2. The summed E-state index contributed by atoms with van der Waals surface area (Å²) in [5, 5.41) is 2.48. The third kappa shape index (κ3) is 7.64. The lowest BCUT2D eigenvalue weighted by molar-refractivity contribution is -0.142. The Bertz CT molecular complexity index is 1410. The zero-order chi connectivity index (χ0) is 27.6. The van der Waals surface area contributed by atoms with Crippen molar-refractivity contribution in [1.29, 1.82) is 0 Å². The van der Waals surface area contributed by atoms with Crippen molar-refractivity contribution < 1.29 is 32.6 Å². The molecule has 0 aliphatic rings. The van der Waals surface area contributed by atoms with E-state index >= 15 is 0 Å². The van der Waals surface area contributed by atoms with Crippen LogP contribution < -0.4 is 14.8 Å². The maximum atomic E-state index is 14.1. The highest BCUT2D eigenvalue weighted by molar-refractivity contribution is 5.97. The predicted molar refractivity (Wildman–Crippen MR) is 141 cm³/mol. The number of nitrogens with one attached hydrogen (secondary N) is 1. The highest BCUT2D eigenvalue weighted by Gasteiger charge is 2.25. The van der Waals surface area contributed by atoms with Crippen LogP contribution >= 0.6 is 0 Å². The van der Waals surface area contributed by atoms with E-state index in [2.05, 4.69) is 5.32 Å². The molecule has 0 bridgehead atoms. The number of amides is 1. The van der Waals surface area contributed by atoms with Gasteiger partial charge in [0.1, 0.15) is 30.9 Å². The Balaban J connectivity index is 1.54. The van der Waals surface area contributed by atoms with Crippen LogP contribution in [0.1, 0.15) is 27.0 Å². The van der Waals surface area contributed by atoms with Crippen molar-refractivity contribution >= 4 is 11.9 Å². The molecule has 0 unspecified atom stereocenters. The smallest absolute Gasteiger partial charge is 0.328 e. The van der Waals surface area contributed by atoms with Gasteiger partial charge in [0.2, 0.25) is 0 Å². The number of benzene rings is 4. The number of carbonyl (C=O) groups is 2. The molecule has 200 valence electrons. The molecule has 39 heavy (non-hydrogen) atoms. The summed E-state index contributed by atoms with van der Waals surface area (Å²) in [6.07, 6.45) is 0.0297. The molecule has 0 spiro atoms. The van der Waals surface area contributed by atoms with Crippen LogP contribution in [0.4, 0.5) is 8.78 Å². The second-order valence-corrected chi connectivity index (χ2v) is 8.71. The van der Waals surface area contributed by atoms with Gasteiger partial charge in [0.25, 0.3) is 5.91 Å². The molecule has 8 heteroatoms. The Morgan fingerprint density at radius 1 is 0.744 bits per heavy atom. The van der Waals surface area contributed by atoms with Crippen molar-refractivity contribution in [2.75, 3.05) is 7.11 Å². The maximum Gasteiger partial charge on any atom is 0.328 e. The van der Waals surface area contributed by atoms with E-state index in [4.69, 9.17) is 14.2 Å². The first kappa shape index (κ1) is 27.3. The molecule has 0 aliphatic heterocycles. The van der Waals surface area contributed by atoms with Crippen LogP contribution in [0.3, 0.4) is 0 Å². The molecule has 0 aromatic heterocycles. The van der Waals surface area contributed by atoms with Crippen molar-refractivity contribution in [2.45, 2.75) is 25.7 Å². The van der Waals surface area contributed by atoms with Gasteiger partial charge in [0.05, 0.1) is 12.7 Å². The molecule has 0 heterocycles. The molecule has 0 saturated heterocycles. The van der Waals surface area contributed by atoms with Crippen molar-refractivity contribution in [3.63, 3.8) is 0 Å². The van der Waals surface area contributed by atoms with Gasteiger partial charge in [-0.1, -0.05) is 66.7 Å². The van der Waals surface area contributed by atoms with Crippen molar-refractivity contribution in [3.05, 3.63) is 131 Å². The fourth-order valence-electron chi connectivity index (χ4n) is 3.86. The van der Waals surface area contributed by atoms with Gasteiger partial charge in [-0.2, -0.15) is 0 Å². The van der Waals surface area contributed by atoms with E-state index in [0.29, 0.717) is 29.7 Å². The van der Waals surface area contributed by atoms with E-state index in [-0.39, 0.29) is 18.6 Å². The summed E-state index contributed by atoms with van der Waals surface area (Å²) in [4.78, 5) is 25.2. The SMILES string of the molecule is COC(=O)[C@H](Cc1ccc(OCc2ccccc2)c(OCc2ccccc2)c1)NC(=O)c1ccc(F)cc1F. The molecule has 1 N–H and O–H groups in total. The summed E-state index contributed by atoms with van der Waals surface area (Å²) in [5.41, 5.74) is 2.19. The molecule has 1 atom stereocenters. The highest BCUT2D eigenvalue weighted by Crippen LogP contribution is 2.31. The minimum Gasteiger partial charge on any atom is -0.485 e. The molecular weight excluding hydrogens is 504 g/mol. The molecule has 0 saturated carbocycles. The number of carbonyl (C=O) groups excluding carboxylic acids is 2. The van der Waals surface area contributed by atoms with E-state index < -0.39 is 29.6 Å². The maximum absolute atomic E-state index is 14.1. The fraction of sp³-hybridized carbons (Fsp3) is 0.161. The summed E-state index contributed by atoms with van der Waals surface area (Å²) in [7, 11) is 1.19. The van der Waals surface area contributed by atoms with Crippen LogP contribution in [0, 0.1) is 11.6 Å². The zero-order valence-electron chi connectivity index (χ0n) is 21.2. The predicted octanol–water partition coefficient (Wildman–Crippen LogP) is 5.64. The first-order chi connectivity index (χ1) is 18.9. The molecule has 1 amide bonds. The average Bonchev–Trinajstić information content (AvgIpc) is 2.95. The van der Waals surface area contributed by atoms with E-state index in [9.17, 15) is 18.4 Å². The summed E-state index contributed by atoms with van der Waals surface area (Å²) < 4.78 is 44.4. The zero-order valence-corrected chi connectivity index (χ0v) is 21.2. The van der Waals surface area contributed by atoms with Crippen LogP contribution in [0.2, 0.25) is 0 Å². The molecular formula is C31H27F2NO5. The van der Waals surface area contributed by atoms with Gasteiger partial charge in [0, 0.05) is 12.5 Å². The van der Waals surface area contributed by atoms with E-state index in [0.717, 1.165) is 23.3 Å². The van der Waals surface area contributed by atoms with Crippen LogP contribution in [-0.4, -0.2) is 25.0 Å². The van der Waals surface area contributed by atoms with E-state index in [1.165, 1.54) is 7.11 Å². The Kier molecular flexibility index (Phi) is 9.24. The molecule has 4 aromatic rings.